The minimum Gasteiger partial charge on any atom is -0.282 e. The fourth-order valence-corrected chi connectivity index (χ4v) is 3.84. The number of aliphatic imine (C=N–C) groups is 1. The molecule has 25 heavy (non-hydrogen) atoms. The van der Waals surface area contributed by atoms with Crippen LogP contribution in [0, 0.1) is 6.92 Å². The number of carbonyl (C=O) groups is 1. The number of thioether (sulfide) groups is 1. The van der Waals surface area contributed by atoms with Crippen molar-refractivity contribution in [3.8, 4) is 0 Å². The van der Waals surface area contributed by atoms with Gasteiger partial charge >= 0.3 is 0 Å². The van der Waals surface area contributed by atoms with E-state index in [9.17, 15) is 4.79 Å². The van der Waals surface area contributed by atoms with Crippen molar-refractivity contribution in [3.05, 3.63) is 76.7 Å². The van der Waals surface area contributed by atoms with Gasteiger partial charge in [-0.15, -0.1) is 17.9 Å². The molecule has 0 radical (unpaired) electrons. The number of rotatable bonds is 5. The molecule has 2 heterocycles. The molecule has 1 aromatic carbocycles. The van der Waals surface area contributed by atoms with Crippen molar-refractivity contribution in [2.24, 2.45) is 4.99 Å². The van der Waals surface area contributed by atoms with E-state index in [0.717, 1.165) is 11.3 Å². The van der Waals surface area contributed by atoms with E-state index in [1.807, 2.05) is 60.9 Å². The lowest BCUT2D eigenvalue weighted by molar-refractivity contribution is -0.121. The second-order valence-electron chi connectivity index (χ2n) is 5.27. The lowest BCUT2D eigenvalue weighted by Gasteiger charge is -2.11. The van der Waals surface area contributed by atoms with Crippen LogP contribution in [0.2, 0.25) is 0 Å². The number of allylic oxidation sites excluding steroid dienone is 2. The number of hydrogen-bond donors (Lipinski definition) is 0. The van der Waals surface area contributed by atoms with E-state index in [2.05, 4.69) is 16.6 Å². The first-order valence-corrected chi connectivity index (χ1v) is 9.42. The van der Waals surface area contributed by atoms with Crippen molar-refractivity contribution in [1.29, 1.82) is 0 Å². The second-order valence-corrected chi connectivity index (χ2v) is 7.12. The van der Waals surface area contributed by atoms with E-state index in [1.54, 1.807) is 11.0 Å². The highest BCUT2D eigenvalue weighted by atomic mass is 32.2. The monoisotopic (exact) mass is 367 g/mol. The summed E-state index contributed by atoms with van der Waals surface area (Å²) in [6.45, 7) is 6.08. The van der Waals surface area contributed by atoms with Gasteiger partial charge in [-0.1, -0.05) is 48.6 Å². The fourth-order valence-electron chi connectivity index (χ4n) is 2.18. The summed E-state index contributed by atoms with van der Waals surface area (Å²) in [6.07, 6.45) is 7.38. The molecule has 0 N–H and O–H groups in total. The van der Waals surface area contributed by atoms with Crippen LogP contribution >= 0.6 is 23.1 Å². The zero-order valence-corrected chi connectivity index (χ0v) is 15.4. The third-order valence-corrected chi connectivity index (χ3v) is 5.21. The summed E-state index contributed by atoms with van der Waals surface area (Å²) in [5, 5.41) is 3.24. The van der Waals surface area contributed by atoms with Gasteiger partial charge in [0.15, 0.2) is 5.17 Å². The van der Waals surface area contributed by atoms with Gasteiger partial charge in [0, 0.05) is 11.9 Å². The van der Waals surface area contributed by atoms with Crippen LogP contribution in [0.1, 0.15) is 11.3 Å². The molecule has 126 valence electrons. The van der Waals surface area contributed by atoms with Gasteiger partial charge < -0.3 is 0 Å². The van der Waals surface area contributed by atoms with E-state index in [-0.39, 0.29) is 5.91 Å². The number of thiazole rings is 1. The Hall–Kier alpha value is -2.44. The van der Waals surface area contributed by atoms with E-state index in [4.69, 9.17) is 0 Å². The highest BCUT2D eigenvalue weighted by Gasteiger charge is 2.32. The summed E-state index contributed by atoms with van der Waals surface area (Å²) < 4.78 is 0. The molecular weight excluding hydrogens is 350 g/mol. The van der Waals surface area contributed by atoms with Crippen LogP contribution in [0.15, 0.2) is 70.4 Å². The summed E-state index contributed by atoms with van der Waals surface area (Å²) in [4.78, 5) is 23.7. The Morgan fingerprint density at radius 2 is 2.12 bits per heavy atom. The number of amidine groups is 1. The Morgan fingerprint density at radius 1 is 1.32 bits per heavy atom. The van der Waals surface area contributed by atoms with Crippen molar-refractivity contribution < 1.29 is 4.79 Å². The predicted octanol–water partition coefficient (Wildman–Crippen LogP) is 4.80. The summed E-state index contributed by atoms with van der Waals surface area (Å²) in [6, 6.07) is 9.97. The van der Waals surface area contributed by atoms with Crippen LogP contribution in [0.3, 0.4) is 0 Å². The number of carbonyl (C=O) groups excluding carboxylic acids is 1. The minimum atomic E-state index is -0.0605. The molecule has 0 spiro atoms. The summed E-state index contributed by atoms with van der Waals surface area (Å²) in [7, 11) is 0. The van der Waals surface area contributed by atoms with Gasteiger partial charge in [0.05, 0.1) is 10.6 Å². The van der Waals surface area contributed by atoms with E-state index < -0.39 is 0 Å². The van der Waals surface area contributed by atoms with Crippen LogP contribution in [-0.4, -0.2) is 27.5 Å². The molecule has 1 aliphatic rings. The van der Waals surface area contributed by atoms with Crippen molar-refractivity contribution >= 4 is 45.4 Å². The first-order chi connectivity index (χ1) is 12.2. The first kappa shape index (κ1) is 17.4. The van der Waals surface area contributed by atoms with Gasteiger partial charge in [-0.05, 0) is 30.3 Å². The number of benzene rings is 1. The molecular formula is C19H17N3OS2. The molecule has 1 saturated heterocycles. The van der Waals surface area contributed by atoms with E-state index in [1.165, 1.54) is 23.1 Å². The normalized spacial score (nSPS) is 18.0. The molecule has 2 aromatic rings. The van der Waals surface area contributed by atoms with Crippen molar-refractivity contribution in [3.63, 3.8) is 0 Å². The largest absolute Gasteiger partial charge is 0.282 e. The van der Waals surface area contributed by atoms with Gasteiger partial charge in [-0.25, -0.2) is 4.98 Å². The molecule has 0 bridgehead atoms. The third-order valence-electron chi connectivity index (χ3n) is 3.33. The van der Waals surface area contributed by atoms with E-state index in [0.29, 0.717) is 21.7 Å². The topological polar surface area (TPSA) is 45.6 Å². The lowest BCUT2D eigenvalue weighted by atomic mass is 10.2. The molecule has 6 heteroatoms. The van der Waals surface area contributed by atoms with Gasteiger partial charge in [0.2, 0.25) is 5.13 Å². The molecule has 3 rings (SSSR count). The van der Waals surface area contributed by atoms with Gasteiger partial charge in [-0.3, -0.25) is 9.69 Å². The molecule has 1 aliphatic heterocycles. The molecule has 0 unspecified atom stereocenters. The SMILES string of the molecule is C=CCN1C(=O)/C(=C/C=C/c2ccccc2)S/C1=N/c1nc(C)cs1. The van der Waals surface area contributed by atoms with Gasteiger partial charge in [0.25, 0.3) is 5.91 Å². The Morgan fingerprint density at radius 3 is 2.80 bits per heavy atom. The third kappa shape index (κ3) is 4.35. The van der Waals surface area contributed by atoms with Crippen molar-refractivity contribution in [2.75, 3.05) is 6.54 Å². The number of amides is 1. The predicted molar refractivity (Wildman–Crippen MR) is 107 cm³/mol. The van der Waals surface area contributed by atoms with Crippen LogP contribution < -0.4 is 0 Å². The fraction of sp³-hybridized carbons (Fsp3) is 0.105. The van der Waals surface area contributed by atoms with Gasteiger partial charge in [0.1, 0.15) is 0 Å². The van der Waals surface area contributed by atoms with Gasteiger partial charge in [-0.2, -0.15) is 4.99 Å². The maximum atomic E-state index is 12.6. The number of aryl methyl sites for hydroxylation is 1. The maximum absolute atomic E-state index is 12.6. The quantitative estimate of drug-likeness (QED) is 0.563. The zero-order chi connectivity index (χ0) is 17.6. The van der Waals surface area contributed by atoms with Crippen molar-refractivity contribution in [1.82, 2.24) is 9.88 Å². The van der Waals surface area contributed by atoms with Crippen LogP contribution in [0.25, 0.3) is 6.08 Å². The summed E-state index contributed by atoms with van der Waals surface area (Å²) in [5.41, 5.74) is 2.01. The molecule has 4 nitrogen and oxygen atoms in total. The Kier molecular flexibility index (Phi) is 5.63. The molecule has 1 fully saturated rings. The average Bonchev–Trinajstić information content (AvgIpc) is 3.15. The minimum absolute atomic E-state index is 0.0605. The Balaban J connectivity index is 1.83. The summed E-state index contributed by atoms with van der Waals surface area (Å²) in [5.74, 6) is -0.0605. The van der Waals surface area contributed by atoms with Crippen molar-refractivity contribution in [2.45, 2.75) is 6.92 Å². The van der Waals surface area contributed by atoms with Crippen LogP contribution in [0.4, 0.5) is 5.13 Å². The molecule has 1 aromatic heterocycles. The highest BCUT2D eigenvalue weighted by Crippen LogP contribution is 2.33. The van der Waals surface area contributed by atoms with Crippen LogP contribution in [0.5, 0.6) is 0 Å². The van der Waals surface area contributed by atoms with E-state index >= 15 is 0 Å². The Labute approximate surface area is 155 Å². The number of aromatic nitrogens is 1. The molecule has 0 aliphatic carbocycles. The zero-order valence-electron chi connectivity index (χ0n) is 13.8. The Bertz CT molecular complexity index is 866. The lowest BCUT2D eigenvalue weighted by Crippen LogP contribution is -2.29. The first-order valence-electron chi connectivity index (χ1n) is 7.72. The number of hydrogen-bond acceptors (Lipinski definition) is 5. The number of nitrogens with zero attached hydrogens (tertiary/aromatic N) is 3. The molecule has 1 amide bonds. The molecule has 0 saturated carbocycles. The highest BCUT2D eigenvalue weighted by molar-refractivity contribution is 8.18. The average molecular weight is 367 g/mol. The second kappa shape index (κ2) is 8.09. The maximum Gasteiger partial charge on any atom is 0.267 e. The smallest absolute Gasteiger partial charge is 0.267 e. The molecule has 0 atom stereocenters. The standard InChI is InChI=1S/C19H17N3OS2/c1-3-12-22-17(23)16(11-7-10-15-8-5-4-6-9-15)25-19(22)21-18-20-14(2)13-24-18/h3-11,13H,1,12H2,2H3/b10-7+,16-11-,21-19+. The summed E-state index contributed by atoms with van der Waals surface area (Å²) >= 11 is 2.83. The van der Waals surface area contributed by atoms with Crippen LogP contribution in [-0.2, 0) is 4.79 Å².